The maximum Gasteiger partial charge on any atom is 0.252 e. The van der Waals surface area contributed by atoms with Gasteiger partial charge in [-0.05, 0) is 24.3 Å². The van der Waals surface area contributed by atoms with Gasteiger partial charge >= 0.3 is 0 Å². The summed E-state index contributed by atoms with van der Waals surface area (Å²) in [6.07, 6.45) is -0.258. The first-order chi connectivity index (χ1) is 13.3. The molecule has 5 nitrogen and oxygen atoms in total. The summed E-state index contributed by atoms with van der Waals surface area (Å²) in [6, 6.07) is 13.2. The Morgan fingerprint density at radius 2 is 1.93 bits per heavy atom. The molecule has 0 saturated carbocycles. The molecule has 0 bridgehead atoms. The van der Waals surface area contributed by atoms with Crippen LogP contribution >= 0.6 is 23.4 Å². The standard InChI is InChI=1S/C19H16ClFN2O3S2/c20-14-7-4-8-15(21)13(14)9-18(24)22-19-23(12-5-2-1-3-6-12)16-10-28(25,26)11-17(16)27-19/h1-8,16-17H,9-11H2. The summed E-state index contributed by atoms with van der Waals surface area (Å²) in [5.74, 6) is -1.01. The minimum absolute atomic E-state index is 0.0198. The van der Waals surface area contributed by atoms with Crippen LogP contribution in [0.15, 0.2) is 53.5 Å². The van der Waals surface area contributed by atoms with E-state index in [1.807, 2.05) is 30.3 Å². The quantitative estimate of drug-likeness (QED) is 0.735. The fourth-order valence-electron chi connectivity index (χ4n) is 3.45. The molecule has 2 aliphatic rings. The van der Waals surface area contributed by atoms with Gasteiger partial charge in [-0.25, -0.2) is 12.8 Å². The molecule has 146 valence electrons. The van der Waals surface area contributed by atoms with Crippen molar-refractivity contribution in [1.29, 1.82) is 0 Å². The molecular weight excluding hydrogens is 423 g/mol. The van der Waals surface area contributed by atoms with E-state index in [-0.39, 0.29) is 39.8 Å². The average molecular weight is 439 g/mol. The van der Waals surface area contributed by atoms with Crippen molar-refractivity contribution >= 4 is 50.0 Å². The normalized spacial score (nSPS) is 24.5. The van der Waals surface area contributed by atoms with Gasteiger partial charge in [0.25, 0.3) is 5.91 Å². The SMILES string of the molecule is O=C(Cc1c(F)cccc1Cl)N=C1SC2CS(=O)(=O)CC2N1c1ccccc1. The minimum Gasteiger partial charge on any atom is -0.316 e. The van der Waals surface area contributed by atoms with E-state index in [0.29, 0.717) is 5.17 Å². The van der Waals surface area contributed by atoms with Crippen LogP contribution in [0.4, 0.5) is 10.1 Å². The summed E-state index contributed by atoms with van der Waals surface area (Å²) in [4.78, 5) is 18.5. The fourth-order valence-corrected chi connectivity index (χ4v) is 7.61. The number of fused-ring (bicyclic) bond motifs is 1. The van der Waals surface area contributed by atoms with Gasteiger partial charge in [0, 0.05) is 21.5 Å². The maximum absolute atomic E-state index is 14.0. The van der Waals surface area contributed by atoms with Gasteiger partial charge in [-0.3, -0.25) is 4.79 Å². The van der Waals surface area contributed by atoms with Crippen molar-refractivity contribution in [3.8, 4) is 0 Å². The van der Waals surface area contributed by atoms with Crippen LogP contribution in [-0.4, -0.2) is 42.3 Å². The van der Waals surface area contributed by atoms with Crippen molar-refractivity contribution in [2.24, 2.45) is 4.99 Å². The molecule has 9 heteroatoms. The van der Waals surface area contributed by atoms with E-state index in [1.165, 1.54) is 30.0 Å². The molecular formula is C19H16ClFN2O3S2. The van der Waals surface area contributed by atoms with Crippen LogP contribution in [0.2, 0.25) is 5.02 Å². The highest BCUT2D eigenvalue weighted by atomic mass is 35.5. The van der Waals surface area contributed by atoms with E-state index in [9.17, 15) is 17.6 Å². The van der Waals surface area contributed by atoms with Crippen LogP contribution in [0, 0.1) is 5.82 Å². The number of hydrogen-bond acceptors (Lipinski definition) is 4. The number of thioether (sulfide) groups is 1. The number of carbonyl (C=O) groups excluding carboxylic acids is 1. The zero-order valence-corrected chi connectivity index (χ0v) is 17.0. The summed E-state index contributed by atoms with van der Waals surface area (Å²) in [5.41, 5.74) is 0.880. The number of para-hydroxylation sites is 1. The zero-order valence-electron chi connectivity index (χ0n) is 14.6. The number of hydrogen-bond donors (Lipinski definition) is 0. The maximum atomic E-state index is 14.0. The lowest BCUT2D eigenvalue weighted by molar-refractivity contribution is -0.117. The second-order valence-corrected chi connectivity index (χ2v) is 10.4. The van der Waals surface area contributed by atoms with Gasteiger partial charge < -0.3 is 4.90 Å². The molecule has 0 radical (unpaired) electrons. The highest BCUT2D eigenvalue weighted by Crippen LogP contribution is 2.40. The fraction of sp³-hybridized carbons (Fsp3) is 0.263. The second kappa shape index (κ2) is 7.50. The number of carbonyl (C=O) groups is 1. The monoisotopic (exact) mass is 438 g/mol. The Bertz CT molecular complexity index is 1040. The Balaban J connectivity index is 1.65. The van der Waals surface area contributed by atoms with Crippen molar-refractivity contribution in [2.45, 2.75) is 17.7 Å². The molecule has 2 aromatic rings. The third-order valence-electron chi connectivity index (χ3n) is 4.71. The molecule has 2 atom stereocenters. The molecule has 2 aromatic carbocycles. The van der Waals surface area contributed by atoms with Crippen molar-refractivity contribution in [1.82, 2.24) is 0 Å². The van der Waals surface area contributed by atoms with Crippen molar-refractivity contribution in [3.63, 3.8) is 0 Å². The molecule has 1 amide bonds. The molecule has 28 heavy (non-hydrogen) atoms. The molecule has 0 aromatic heterocycles. The number of sulfone groups is 1. The van der Waals surface area contributed by atoms with Gasteiger partial charge in [-0.1, -0.05) is 47.6 Å². The number of halogens is 2. The number of anilines is 1. The van der Waals surface area contributed by atoms with Crippen LogP contribution in [0.5, 0.6) is 0 Å². The lowest BCUT2D eigenvalue weighted by atomic mass is 10.1. The third kappa shape index (κ3) is 3.81. The Labute approximate surface area is 171 Å². The van der Waals surface area contributed by atoms with E-state index >= 15 is 0 Å². The van der Waals surface area contributed by atoms with E-state index < -0.39 is 21.6 Å². The lowest BCUT2D eigenvalue weighted by Gasteiger charge is -2.24. The summed E-state index contributed by atoms with van der Waals surface area (Å²) >= 11 is 7.28. The van der Waals surface area contributed by atoms with E-state index in [2.05, 4.69) is 4.99 Å². The van der Waals surface area contributed by atoms with Crippen molar-refractivity contribution < 1.29 is 17.6 Å². The topological polar surface area (TPSA) is 66.8 Å². The Morgan fingerprint density at radius 1 is 1.18 bits per heavy atom. The number of benzene rings is 2. The van der Waals surface area contributed by atoms with Gasteiger partial charge in [0.05, 0.1) is 24.0 Å². The first-order valence-corrected chi connectivity index (χ1v) is 11.7. The molecule has 0 N–H and O–H groups in total. The first kappa shape index (κ1) is 19.4. The van der Waals surface area contributed by atoms with Gasteiger partial charge in [0.15, 0.2) is 15.0 Å². The second-order valence-electron chi connectivity index (χ2n) is 6.67. The zero-order chi connectivity index (χ0) is 19.9. The van der Waals surface area contributed by atoms with E-state index in [4.69, 9.17) is 11.6 Å². The molecule has 2 saturated heterocycles. The highest BCUT2D eigenvalue weighted by Gasteiger charge is 2.49. The molecule has 2 fully saturated rings. The van der Waals surface area contributed by atoms with Crippen LogP contribution < -0.4 is 4.90 Å². The third-order valence-corrected chi connectivity index (χ3v) is 8.27. The average Bonchev–Trinajstić information content (AvgIpc) is 3.09. The summed E-state index contributed by atoms with van der Waals surface area (Å²) in [6.45, 7) is 0. The van der Waals surface area contributed by atoms with Crippen LogP contribution in [0.3, 0.4) is 0 Å². The number of aliphatic imine (C=N–C) groups is 1. The Kier molecular flexibility index (Phi) is 5.20. The summed E-state index contributed by atoms with van der Waals surface area (Å²) in [5, 5.41) is 0.429. The van der Waals surface area contributed by atoms with Gasteiger partial charge in [-0.15, -0.1) is 0 Å². The van der Waals surface area contributed by atoms with Crippen LogP contribution in [0.25, 0.3) is 0 Å². The molecule has 2 aliphatic heterocycles. The number of rotatable bonds is 3. The van der Waals surface area contributed by atoms with Gasteiger partial charge in [0.1, 0.15) is 5.82 Å². The van der Waals surface area contributed by atoms with Crippen molar-refractivity contribution in [2.75, 3.05) is 16.4 Å². The summed E-state index contributed by atoms with van der Waals surface area (Å²) in [7, 11) is -3.13. The van der Waals surface area contributed by atoms with Crippen molar-refractivity contribution in [3.05, 3.63) is 64.9 Å². The predicted molar refractivity (Wildman–Crippen MR) is 110 cm³/mol. The van der Waals surface area contributed by atoms with Gasteiger partial charge in [-0.2, -0.15) is 4.99 Å². The summed E-state index contributed by atoms with van der Waals surface area (Å²) < 4.78 is 38.1. The lowest BCUT2D eigenvalue weighted by Crippen LogP contribution is -2.37. The smallest absolute Gasteiger partial charge is 0.252 e. The molecule has 4 rings (SSSR count). The predicted octanol–water partition coefficient (Wildman–Crippen LogP) is 3.32. The highest BCUT2D eigenvalue weighted by molar-refractivity contribution is 8.16. The first-order valence-electron chi connectivity index (χ1n) is 8.60. The number of amides is 1. The molecule has 2 heterocycles. The molecule has 0 aliphatic carbocycles. The number of amidine groups is 1. The van der Waals surface area contributed by atoms with E-state index in [1.54, 1.807) is 4.90 Å². The van der Waals surface area contributed by atoms with Crippen LogP contribution in [-0.2, 0) is 21.1 Å². The Morgan fingerprint density at radius 3 is 2.64 bits per heavy atom. The minimum atomic E-state index is -3.13. The molecule has 2 unspecified atom stereocenters. The molecule has 0 spiro atoms. The Hall–Kier alpha value is -1.90. The van der Waals surface area contributed by atoms with E-state index in [0.717, 1.165) is 5.69 Å². The number of nitrogens with zero attached hydrogens (tertiary/aromatic N) is 2. The largest absolute Gasteiger partial charge is 0.316 e. The van der Waals surface area contributed by atoms with Crippen LogP contribution in [0.1, 0.15) is 5.56 Å². The van der Waals surface area contributed by atoms with Gasteiger partial charge in [0.2, 0.25) is 0 Å².